The van der Waals surface area contributed by atoms with E-state index < -0.39 is 0 Å². The molecule has 0 saturated heterocycles. The highest BCUT2D eigenvalue weighted by molar-refractivity contribution is 5.46. The van der Waals surface area contributed by atoms with Gasteiger partial charge in [0.05, 0.1) is 26.4 Å². The Hall–Kier alpha value is -3.16. The fraction of sp³-hybridized carbons (Fsp3) is 0.600. The summed E-state index contributed by atoms with van der Waals surface area (Å²) in [7, 11) is 0. The molecule has 1 aliphatic rings. The molecule has 260 valence electrons. The van der Waals surface area contributed by atoms with Crippen LogP contribution in [0.2, 0.25) is 0 Å². The summed E-state index contributed by atoms with van der Waals surface area (Å²) in [6.45, 7) is 25.9. The molecule has 7 nitrogen and oxygen atoms in total. The molecule has 2 bridgehead atoms. The lowest BCUT2D eigenvalue weighted by Crippen LogP contribution is -2.25. The summed E-state index contributed by atoms with van der Waals surface area (Å²) in [5.74, 6) is 4.14. The molecule has 0 atom stereocenters. The van der Waals surface area contributed by atoms with E-state index in [-0.39, 0.29) is 34.9 Å². The van der Waals surface area contributed by atoms with E-state index in [0.717, 1.165) is 12.8 Å². The van der Waals surface area contributed by atoms with Crippen LogP contribution in [0.5, 0.6) is 23.0 Å². The van der Waals surface area contributed by atoms with Gasteiger partial charge in [0.1, 0.15) is 37.9 Å². The fourth-order valence-electron chi connectivity index (χ4n) is 6.80. The van der Waals surface area contributed by atoms with Crippen molar-refractivity contribution in [1.82, 2.24) is 0 Å². The van der Waals surface area contributed by atoms with Crippen molar-refractivity contribution in [1.29, 1.82) is 0 Å². The van der Waals surface area contributed by atoms with Gasteiger partial charge in [-0.05, 0) is 82.0 Å². The second-order valence-electron chi connectivity index (χ2n) is 16.4. The lowest BCUT2D eigenvalue weighted by molar-refractivity contribution is 0.0267. The summed E-state index contributed by atoms with van der Waals surface area (Å²) in [5.41, 5.74) is 2.69. The number of furan rings is 1. The highest BCUT2D eigenvalue weighted by Crippen LogP contribution is 2.41. The summed E-state index contributed by atoms with van der Waals surface area (Å²) >= 11 is 0. The van der Waals surface area contributed by atoms with E-state index in [4.69, 9.17) is 32.8 Å². The van der Waals surface area contributed by atoms with Gasteiger partial charge in [-0.15, -0.1) is 0 Å². The maximum atomic E-state index is 6.36. The van der Waals surface area contributed by atoms with Crippen molar-refractivity contribution in [2.45, 2.75) is 106 Å². The van der Waals surface area contributed by atoms with E-state index in [1.54, 1.807) is 0 Å². The van der Waals surface area contributed by atoms with Crippen LogP contribution in [0.1, 0.15) is 105 Å². The first-order chi connectivity index (χ1) is 22.0. The Balaban J connectivity index is 1.56. The summed E-state index contributed by atoms with van der Waals surface area (Å²) in [4.78, 5) is 0. The maximum Gasteiger partial charge on any atom is 0.162 e. The van der Waals surface area contributed by atoms with Gasteiger partial charge in [0, 0.05) is 0 Å². The summed E-state index contributed by atoms with van der Waals surface area (Å²) in [5, 5.41) is 0. The van der Waals surface area contributed by atoms with E-state index in [2.05, 4.69) is 93.5 Å². The molecule has 2 heterocycles. The number of fused-ring (bicyclic) bond motifs is 4. The van der Waals surface area contributed by atoms with Crippen molar-refractivity contribution in [2.75, 3.05) is 39.6 Å². The van der Waals surface area contributed by atoms with Crippen LogP contribution in [0.3, 0.4) is 0 Å². The van der Waals surface area contributed by atoms with E-state index in [1.165, 1.54) is 11.1 Å². The number of hydrogen-bond donors (Lipinski definition) is 0. The van der Waals surface area contributed by atoms with Crippen molar-refractivity contribution in [2.24, 2.45) is 10.8 Å². The molecular formula is C40H58O7. The molecule has 3 aromatic rings. The number of hydrogen-bond acceptors (Lipinski definition) is 7. The molecule has 47 heavy (non-hydrogen) atoms. The quantitative estimate of drug-likeness (QED) is 0.278. The van der Waals surface area contributed by atoms with Crippen molar-refractivity contribution < 1.29 is 32.8 Å². The van der Waals surface area contributed by atoms with Gasteiger partial charge in [-0.2, -0.15) is 0 Å². The van der Waals surface area contributed by atoms with Crippen molar-refractivity contribution in [3.63, 3.8) is 0 Å². The molecule has 0 unspecified atom stereocenters. The topological polar surface area (TPSA) is 68.5 Å². The predicted octanol–water partition coefficient (Wildman–Crippen LogP) is 9.67. The molecule has 0 radical (unpaired) electrons. The van der Waals surface area contributed by atoms with E-state index in [1.807, 2.05) is 24.3 Å². The van der Waals surface area contributed by atoms with Crippen molar-refractivity contribution >= 4 is 0 Å². The van der Waals surface area contributed by atoms with Crippen LogP contribution in [0.25, 0.3) is 0 Å². The molecule has 0 N–H and O–H groups in total. The minimum absolute atomic E-state index is 0.0429. The molecular weight excluding hydrogens is 592 g/mol. The minimum Gasteiger partial charge on any atom is -0.487 e. The molecule has 1 aromatic heterocycles. The van der Waals surface area contributed by atoms with Gasteiger partial charge >= 0.3 is 0 Å². The van der Waals surface area contributed by atoms with Crippen LogP contribution in [0.15, 0.2) is 52.9 Å². The van der Waals surface area contributed by atoms with E-state index >= 15 is 0 Å². The Kier molecular flexibility index (Phi) is 12.0. The summed E-state index contributed by atoms with van der Waals surface area (Å²) in [6.07, 6.45) is 2.06. The second kappa shape index (κ2) is 15.4. The summed E-state index contributed by atoms with van der Waals surface area (Å²) in [6, 6.07) is 16.4. The van der Waals surface area contributed by atoms with Gasteiger partial charge in [0.15, 0.2) is 23.0 Å². The standard InChI is InChI=1S/C40H58O7/c1-37(2,3)27-39(7,8)29-11-15-33-35(23-29)45-25-31-13-14-32(47-31)26-46-36-24-30(40(9,10)28-38(4,5)6)12-16-34(36)44-22-20-42-18-17-41-19-21-43-33/h11-16,23-24H,17-22,25-28H2,1-10H3. The molecule has 7 heteroatoms. The zero-order valence-corrected chi connectivity index (χ0v) is 30.5. The van der Waals surface area contributed by atoms with Gasteiger partial charge in [0.25, 0.3) is 0 Å². The average Bonchev–Trinajstić information content (AvgIpc) is 3.41. The first-order valence-electron chi connectivity index (χ1n) is 17.0. The zero-order valence-electron chi connectivity index (χ0n) is 30.5. The van der Waals surface area contributed by atoms with Crippen LogP contribution in [0.4, 0.5) is 0 Å². The molecule has 0 spiro atoms. The molecule has 0 amide bonds. The lowest BCUT2D eigenvalue weighted by atomic mass is 9.72. The minimum atomic E-state index is -0.0429. The first-order valence-corrected chi connectivity index (χ1v) is 17.0. The number of ether oxygens (including phenoxy) is 6. The Bertz CT molecular complexity index is 1320. The second-order valence-corrected chi connectivity index (χ2v) is 16.4. The fourth-order valence-corrected chi connectivity index (χ4v) is 6.80. The van der Waals surface area contributed by atoms with Crippen molar-refractivity contribution in [3.8, 4) is 23.0 Å². The Morgan fingerprint density at radius 3 is 1.21 bits per heavy atom. The average molecular weight is 651 g/mol. The van der Waals surface area contributed by atoms with Gasteiger partial charge in [-0.3, -0.25) is 0 Å². The monoisotopic (exact) mass is 650 g/mol. The van der Waals surface area contributed by atoms with E-state index in [0.29, 0.717) is 74.2 Å². The molecule has 0 aliphatic carbocycles. The third-order valence-corrected chi connectivity index (χ3v) is 8.19. The largest absolute Gasteiger partial charge is 0.487 e. The Labute approximate surface area is 283 Å². The van der Waals surface area contributed by atoms with Crippen LogP contribution < -0.4 is 18.9 Å². The maximum absolute atomic E-state index is 6.36. The highest BCUT2D eigenvalue weighted by Gasteiger charge is 2.29. The van der Waals surface area contributed by atoms with Crippen LogP contribution in [-0.4, -0.2) is 39.6 Å². The van der Waals surface area contributed by atoms with E-state index in [9.17, 15) is 0 Å². The van der Waals surface area contributed by atoms with Gasteiger partial charge in [-0.1, -0.05) is 81.4 Å². The van der Waals surface area contributed by atoms with Crippen LogP contribution >= 0.6 is 0 Å². The molecule has 0 saturated carbocycles. The Morgan fingerprint density at radius 1 is 0.447 bits per heavy atom. The smallest absolute Gasteiger partial charge is 0.162 e. The predicted molar refractivity (Wildman–Crippen MR) is 187 cm³/mol. The number of benzene rings is 2. The first kappa shape index (κ1) is 36.7. The lowest BCUT2D eigenvalue weighted by Gasteiger charge is -2.33. The highest BCUT2D eigenvalue weighted by atomic mass is 16.6. The SMILES string of the molecule is CC(C)(C)CC(C)(C)c1ccc2c(c1)OCc1ccc(o1)COc1cc(C(C)(C)CC(C)(C)C)ccc1OCCOCCOCCO2. The third-order valence-electron chi connectivity index (χ3n) is 8.19. The van der Waals surface area contributed by atoms with Gasteiger partial charge < -0.3 is 32.8 Å². The normalized spacial score (nSPS) is 16.3. The molecule has 1 aliphatic heterocycles. The van der Waals surface area contributed by atoms with Crippen LogP contribution in [-0.2, 0) is 33.5 Å². The zero-order chi connectivity index (χ0) is 34.3. The van der Waals surface area contributed by atoms with Crippen LogP contribution in [0, 0.1) is 10.8 Å². The molecule has 2 aromatic carbocycles. The molecule has 4 rings (SSSR count). The molecule has 0 fully saturated rings. The van der Waals surface area contributed by atoms with Gasteiger partial charge in [-0.25, -0.2) is 0 Å². The number of rotatable bonds is 4. The van der Waals surface area contributed by atoms with Gasteiger partial charge in [0.2, 0.25) is 0 Å². The van der Waals surface area contributed by atoms with Crippen molar-refractivity contribution in [3.05, 3.63) is 71.2 Å². The Morgan fingerprint density at radius 2 is 0.830 bits per heavy atom. The summed E-state index contributed by atoms with van der Waals surface area (Å²) < 4.78 is 42.7. The third kappa shape index (κ3) is 11.5.